The van der Waals surface area contributed by atoms with Crippen molar-refractivity contribution in [3.05, 3.63) is 53.6 Å². The molecule has 2 aromatic carbocycles. The molecular formula is C18H21NO2S. The molecule has 1 atom stereocenters. The highest BCUT2D eigenvalue weighted by Crippen LogP contribution is 2.38. The zero-order valence-corrected chi connectivity index (χ0v) is 13.5. The van der Waals surface area contributed by atoms with Crippen LogP contribution < -0.4 is 10.1 Å². The molecule has 3 rings (SSSR count). The van der Waals surface area contributed by atoms with Crippen molar-refractivity contribution >= 4 is 17.4 Å². The molecule has 0 saturated carbocycles. The minimum absolute atomic E-state index is 0.0119. The summed E-state index contributed by atoms with van der Waals surface area (Å²) in [4.78, 5) is 1.36. The van der Waals surface area contributed by atoms with E-state index in [4.69, 9.17) is 4.74 Å². The van der Waals surface area contributed by atoms with Crippen molar-refractivity contribution in [2.45, 2.75) is 30.9 Å². The van der Waals surface area contributed by atoms with Crippen LogP contribution in [-0.2, 0) is 6.61 Å². The summed E-state index contributed by atoms with van der Waals surface area (Å²) >= 11 is 1.92. The van der Waals surface area contributed by atoms with E-state index in [0.717, 1.165) is 29.2 Å². The number of fused-ring (bicyclic) bond motifs is 1. The maximum atomic E-state index is 9.52. The number of rotatable bonds is 5. The minimum Gasteiger partial charge on any atom is -0.494 e. The molecule has 1 aliphatic rings. The molecule has 1 unspecified atom stereocenters. The topological polar surface area (TPSA) is 41.5 Å². The van der Waals surface area contributed by atoms with Crippen LogP contribution in [-0.4, -0.2) is 17.5 Å². The lowest BCUT2D eigenvalue weighted by Gasteiger charge is -2.27. The van der Waals surface area contributed by atoms with Crippen LogP contribution in [0.1, 0.15) is 30.5 Å². The van der Waals surface area contributed by atoms with Gasteiger partial charge in [-0.2, -0.15) is 0 Å². The second-order valence-corrected chi connectivity index (χ2v) is 6.42. The summed E-state index contributed by atoms with van der Waals surface area (Å²) in [7, 11) is 0. The highest BCUT2D eigenvalue weighted by atomic mass is 32.2. The first-order valence-electron chi connectivity index (χ1n) is 7.66. The van der Waals surface area contributed by atoms with Gasteiger partial charge in [0.25, 0.3) is 0 Å². The first kappa shape index (κ1) is 15.3. The predicted octanol–water partition coefficient (Wildman–Crippen LogP) is 4.23. The normalized spacial score (nSPS) is 16.9. The summed E-state index contributed by atoms with van der Waals surface area (Å²) in [5, 5.41) is 13.1. The molecular weight excluding hydrogens is 294 g/mol. The van der Waals surface area contributed by atoms with E-state index >= 15 is 0 Å². The van der Waals surface area contributed by atoms with E-state index in [1.54, 1.807) is 0 Å². The monoisotopic (exact) mass is 315 g/mol. The van der Waals surface area contributed by atoms with Gasteiger partial charge in [0.05, 0.1) is 19.3 Å². The zero-order valence-electron chi connectivity index (χ0n) is 12.7. The predicted molar refractivity (Wildman–Crippen MR) is 91.7 cm³/mol. The third-order valence-electron chi connectivity index (χ3n) is 3.83. The van der Waals surface area contributed by atoms with E-state index in [2.05, 4.69) is 29.6 Å². The standard InChI is InChI=1S/C18H21NO2S/c1-2-21-17-8-7-14(11-13(17)12-20)19-16-9-10-22-18-6-4-3-5-15(16)18/h3-8,11,16,19-20H,2,9-10,12H2,1H3. The second kappa shape index (κ2) is 7.07. The van der Waals surface area contributed by atoms with Crippen molar-refractivity contribution in [2.75, 3.05) is 17.7 Å². The summed E-state index contributed by atoms with van der Waals surface area (Å²) in [6, 6.07) is 14.8. The zero-order chi connectivity index (χ0) is 15.4. The number of anilines is 1. The molecule has 0 fully saturated rings. The smallest absolute Gasteiger partial charge is 0.124 e. The van der Waals surface area contributed by atoms with Gasteiger partial charge < -0.3 is 15.2 Å². The Morgan fingerprint density at radius 1 is 1.27 bits per heavy atom. The lowest BCUT2D eigenvalue weighted by molar-refractivity contribution is 0.267. The summed E-state index contributed by atoms with van der Waals surface area (Å²) < 4.78 is 5.54. The van der Waals surface area contributed by atoms with Crippen LogP contribution in [0.4, 0.5) is 5.69 Å². The molecule has 0 aromatic heterocycles. The van der Waals surface area contributed by atoms with E-state index in [0.29, 0.717) is 12.6 Å². The van der Waals surface area contributed by atoms with Crippen LogP contribution in [0.3, 0.4) is 0 Å². The summed E-state index contributed by atoms with van der Waals surface area (Å²) in [5.74, 6) is 1.88. The number of benzene rings is 2. The maximum absolute atomic E-state index is 9.52. The molecule has 0 amide bonds. The van der Waals surface area contributed by atoms with Gasteiger partial charge in [0, 0.05) is 21.9 Å². The van der Waals surface area contributed by atoms with Crippen LogP contribution in [0.5, 0.6) is 5.75 Å². The first-order chi connectivity index (χ1) is 10.8. The fourth-order valence-electron chi connectivity index (χ4n) is 2.78. The summed E-state index contributed by atoms with van der Waals surface area (Å²) in [6.45, 7) is 2.54. The Labute approximate surface area is 135 Å². The molecule has 22 heavy (non-hydrogen) atoms. The van der Waals surface area contributed by atoms with Crippen LogP contribution in [0, 0.1) is 0 Å². The van der Waals surface area contributed by atoms with E-state index in [1.807, 2.05) is 36.9 Å². The Morgan fingerprint density at radius 2 is 2.14 bits per heavy atom. The van der Waals surface area contributed by atoms with Crippen molar-refractivity contribution < 1.29 is 9.84 Å². The summed E-state index contributed by atoms with van der Waals surface area (Å²) in [6.07, 6.45) is 1.10. The highest BCUT2D eigenvalue weighted by Gasteiger charge is 2.20. The molecule has 2 N–H and O–H groups in total. The molecule has 0 saturated heterocycles. The third kappa shape index (κ3) is 3.23. The van der Waals surface area contributed by atoms with Gasteiger partial charge in [0.1, 0.15) is 5.75 Å². The second-order valence-electron chi connectivity index (χ2n) is 5.29. The SMILES string of the molecule is CCOc1ccc(NC2CCSc3ccccc32)cc1CO. The Balaban J connectivity index is 1.82. The molecule has 116 valence electrons. The van der Waals surface area contributed by atoms with Crippen LogP contribution in [0.2, 0.25) is 0 Å². The Hall–Kier alpha value is -1.65. The van der Waals surface area contributed by atoms with Gasteiger partial charge >= 0.3 is 0 Å². The minimum atomic E-state index is -0.0119. The molecule has 4 heteroatoms. The van der Waals surface area contributed by atoms with Gasteiger partial charge in [0.15, 0.2) is 0 Å². The van der Waals surface area contributed by atoms with Gasteiger partial charge in [-0.3, -0.25) is 0 Å². The number of hydrogen-bond donors (Lipinski definition) is 2. The molecule has 3 nitrogen and oxygen atoms in total. The van der Waals surface area contributed by atoms with Crippen LogP contribution in [0.15, 0.2) is 47.4 Å². The fourth-order valence-corrected chi connectivity index (χ4v) is 3.91. The van der Waals surface area contributed by atoms with Crippen LogP contribution >= 0.6 is 11.8 Å². The van der Waals surface area contributed by atoms with E-state index in [-0.39, 0.29) is 6.61 Å². The molecule has 0 aliphatic carbocycles. The van der Waals surface area contributed by atoms with E-state index < -0.39 is 0 Å². The van der Waals surface area contributed by atoms with Gasteiger partial charge in [0.2, 0.25) is 0 Å². The van der Waals surface area contributed by atoms with Crippen molar-refractivity contribution in [1.82, 2.24) is 0 Å². The molecule has 0 spiro atoms. The van der Waals surface area contributed by atoms with E-state index in [9.17, 15) is 5.11 Å². The van der Waals surface area contributed by atoms with E-state index in [1.165, 1.54) is 10.5 Å². The quantitative estimate of drug-likeness (QED) is 0.866. The third-order valence-corrected chi connectivity index (χ3v) is 4.95. The molecule has 2 aromatic rings. The van der Waals surface area contributed by atoms with Crippen molar-refractivity contribution in [2.24, 2.45) is 0 Å². The molecule has 0 bridgehead atoms. The average Bonchev–Trinajstić information content (AvgIpc) is 2.57. The van der Waals surface area contributed by atoms with Gasteiger partial charge in [-0.25, -0.2) is 0 Å². The van der Waals surface area contributed by atoms with Crippen LogP contribution in [0.25, 0.3) is 0 Å². The Kier molecular flexibility index (Phi) is 4.90. The summed E-state index contributed by atoms with van der Waals surface area (Å²) in [5.41, 5.74) is 3.21. The fraction of sp³-hybridized carbons (Fsp3) is 0.333. The number of nitrogens with one attached hydrogen (secondary N) is 1. The highest BCUT2D eigenvalue weighted by molar-refractivity contribution is 7.99. The lowest BCUT2D eigenvalue weighted by Crippen LogP contribution is -2.16. The van der Waals surface area contributed by atoms with Crippen molar-refractivity contribution in [1.29, 1.82) is 0 Å². The number of thioether (sulfide) groups is 1. The van der Waals surface area contributed by atoms with Crippen molar-refractivity contribution in [3.8, 4) is 5.75 Å². The van der Waals surface area contributed by atoms with Crippen molar-refractivity contribution in [3.63, 3.8) is 0 Å². The van der Waals surface area contributed by atoms with Gasteiger partial charge in [-0.15, -0.1) is 11.8 Å². The molecule has 0 radical (unpaired) electrons. The number of aliphatic hydroxyl groups is 1. The number of aliphatic hydroxyl groups excluding tert-OH is 1. The molecule has 1 aliphatic heterocycles. The Morgan fingerprint density at radius 3 is 2.95 bits per heavy atom. The lowest BCUT2D eigenvalue weighted by atomic mass is 10.0. The maximum Gasteiger partial charge on any atom is 0.124 e. The Bertz CT molecular complexity index is 645. The average molecular weight is 315 g/mol. The number of hydrogen-bond acceptors (Lipinski definition) is 4. The van der Waals surface area contributed by atoms with Gasteiger partial charge in [-0.1, -0.05) is 18.2 Å². The largest absolute Gasteiger partial charge is 0.494 e. The van der Waals surface area contributed by atoms with Gasteiger partial charge in [-0.05, 0) is 43.2 Å². The number of ether oxygens (including phenoxy) is 1. The molecule has 1 heterocycles. The first-order valence-corrected chi connectivity index (χ1v) is 8.65.